The molecular weight excluding hydrogens is 593 g/mol. The molecule has 6 rings (SSSR count). The number of H-pyrrole nitrogens is 1. The van der Waals surface area contributed by atoms with Crippen LogP contribution in [0.5, 0.6) is 0 Å². The zero-order valence-electron chi connectivity index (χ0n) is 24.5. The van der Waals surface area contributed by atoms with E-state index in [4.69, 9.17) is 14.2 Å². The third-order valence-corrected chi connectivity index (χ3v) is 8.03. The van der Waals surface area contributed by atoms with E-state index in [0.717, 1.165) is 27.5 Å². The van der Waals surface area contributed by atoms with Crippen molar-refractivity contribution >= 4 is 5.69 Å². The fraction of sp³-hybridized carbons (Fsp3) is 0.200. The van der Waals surface area contributed by atoms with Crippen molar-refractivity contribution in [1.82, 2.24) is 9.55 Å². The van der Waals surface area contributed by atoms with Crippen molar-refractivity contribution in [3.8, 4) is 0 Å². The van der Waals surface area contributed by atoms with Gasteiger partial charge in [-0.2, -0.15) is 4.39 Å². The number of rotatable bonds is 11. The summed E-state index contributed by atoms with van der Waals surface area (Å²) >= 11 is 0. The number of benzene rings is 4. The van der Waals surface area contributed by atoms with Crippen LogP contribution >= 0.6 is 0 Å². The number of aromatic nitrogens is 2. The quantitative estimate of drug-likeness (QED) is 0.118. The van der Waals surface area contributed by atoms with Crippen LogP contribution in [0.3, 0.4) is 0 Å². The minimum Gasteiger partial charge on any atom is -0.371 e. The van der Waals surface area contributed by atoms with E-state index in [0.29, 0.717) is 5.56 Å². The topological polar surface area (TPSA) is 126 Å². The molecule has 0 aliphatic carbocycles. The Morgan fingerprint density at radius 3 is 1.93 bits per heavy atom. The molecule has 0 amide bonds. The fourth-order valence-electron chi connectivity index (χ4n) is 5.76. The highest BCUT2D eigenvalue weighted by Crippen LogP contribution is 2.42. The smallest absolute Gasteiger partial charge is 0.330 e. The number of nitrogens with one attached hydrogen (secondary N) is 1. The summed E-state index contributed by atoms with van der Waals surface area (Å²) in [4.78, 5) is 37.0. The Labute approximate surface area is 262 Å². The van der Waals surface area contributed by atoms with Crippen LogP contribution < -0.4 is 11.2 Å². The van der Waals surface area contributed by atoms with Crippen LogP contribution in [-0.4, -0.2) is 33.3 Å². The SMILES string of the molecule is O=c1[nH]c(=O)n([C@H]2C[C@H](OCc3ccc([N+](=O)[O-])cc3)[C@@H](COC(c3ccccc3)(c3ccccc3)c3ccccc3)O2)cc1F. The molecule has 0 saturated carbocycles. The second kappa shape index (κ2) is 13.4. The van der Waals surface area contributed by atoms with Gasteiger partial charge in [0.1, 0.15) is 17.9 Å². The maximum Gasteiger partial charge on any atom is 0.330 e. The number of nitro benzene ring substituents is 1. The molecule has 0 radical (unpaired) electrons. The van der Waals surface area contributed by atoms with Gasteiger partial charge in [0.15, 0.2) is 0 Å². The van der Waals surface area contributed by atoms with Crippen LogP contribution in [0.4, 0.5) is 10.1 Å². The number of non-ortho nitro benzene ring substituents is 1. The predicted octanol–water partition coefficient (Wildman–Crippen LogP) is 5.47. The second-order valence-electron chi connectivity index (χ2n) is 10.9. The minimum absolute atomic E-state index is 0.000691. The number of hydrogen-bond acceptors (Lipinski definition) is 7. The Morgan fingerprint density at radius 1 is 0.870 bits per heavy atom. The van der Waals surface area contributed by atoms with E-state index in [-0.39, 0.29) is 25.3 Å². The van der Waals surface area contributed by atoms with E-state index in [1.54, 1.807) is 12.1 Å². The van der Waals surface area contributed by atoms with Crippen LogP contribution in [0.25, 0.3) is 0 Å². The summed E-state index contributed by atoms with van der Waals surface area (Å²) in [5, 5.41) is 11.1. The molecule has 1 saturated heterocycles. The van der Waals surface area contributed by atoms with E-state index < -0.39 is 46.0 Å². The van der Waals surface area contributed by atoms with Gasteiger partial charge in [-0.3, -0.25) is 24.5 Å². The third kappa shape index (κ3) is 6.29. The third-order valence-electron chi connectivity index (χ3n) is 8.03. The van der Waals surface area contributed by atoms with Crippen molar-refractivity contribution in [3.05, 3.63) is 180 Å². The second-order valence-corrected chi connectivity index (χ2v) is 10.9. The summed E-state index contributed by atoms with van der Waals surface area (Å²) in [5.74, 6) is -1.12. The zero-order valence-corrected chi connectivity index (χ0v) is 24.5. The lowest BCUT2D eigenvalue weighted by Crippen LogP contribution is -2.38. The highest BCUT2D eigenvalue weighted by molar-refractivity contribution is 5.47. The number of ether oxygens (including phenoxy) is 3. The van der Waals surface area contributed by atoms with E-state index in [1.165, 1.54) is 12.1 Å². The summed E-state index contributed by atoms with van der Waals surface area (Å²) in [7, 11) is 0. The lowest BCUT2D eigenvalue weighted by molar-refractivity contribution is -0.384. The molecular formula is C35H30FN3O7. The van der Waals surface area contributed by atoms with Crippen molar-refractivity contribution in [2.24, 2.45) is 0 Å². The molecule has 10 nitrogen and oxygen atoms in total. The van der Waals surface area contributed by atoms with E-state index in [1.807, 2.05) is 96.0 Å². The first kappa shape index (κ1) is 30.8. The zero-order chi connectivity index (χ0) is 32.1. The summed E-state index contributed by atoms with van der Waals surface area (Å²) in [6.45, 7) is 0.0893. The minimum atomic E-state index is -1.12. The molecule has 1 aromatic heterocycles. The van der Waals surface area contributed by atoms with Crippen molar-refractivity contribution in [2.75, 3.05) is 6.61 Å². The van der Waals surface area contributed by atoms with E-state index >= 15 is 0 Å². The number of aromatic amines is 1. The normalized spacial score (nSPS) is 18.0. The molecule has 0 bridgehead atoms. The first-order valence-electron chi connectivity index (χ1n) is 14.7. The molecule has 2 heterocycles. The molecule has 1 aliphatic heterocycles. The van der Waals surface area contributed by atoms with Gasteiger partial charge in [-0.1, -0.05) is 91.0 Å². The first-order chi connectivity index (χ1) is 22.3. The number of halogens is 1. The van der Waals surface area contributed by atoms with Gasteiger partial charge in [-0.05, 0) is 34.4 Å². The Hall–Kier alpha value is -5.23. The molecule has 234 valence electrons. The highest BCUT2D eigenvalue weighted by Gasteiger charge is 2.43. The molecule has 0 unspecified atom stereocenters. The molecule has 4 aromatic carbocycles. The summed E-state index contributed by atoms with van der Waals surface area (Å²) in [6.07, 6.45) is -1.37. The van der Waals surface area contributed by atoms with Crippen molar-refractivity contribution in [3.63, 3.8) is 0 Å². The van der Waals surface area contributed by atoms with Gasteiger partial charge >= 0.3 is 5.69 Å². The van der Waals surface area contributed by atoms with Gasteiger partial charge in [0.25, 0.3) is 11.2 Å². The molecule has 1 fully saturated rings. The maximum atomic E-state index is 14.3. The fourth-order valence-corrected chi connectivity index (χ4v) is 5.76. The Morgan fingerprint density at radius 2 is 1.41 bits per heavy atom. The molecule has 11 heteroatoms. The average molecular weight is 624 g/mol. The number of nitrogens with zero attached hydrogens (tertiary/aromatic N) is 2. The Bertz CT molecular complexity index is 1800. The van der Waals surface area contributed by atoms with Crippen molar-refractivity contribution in [2.45, 2.75) is 37.1 Å². The van der Waals surface area contributed by atoms with Crippen LogP contribution in [0.15, 0.2) is 131 Å². The lowest BCUT2D eigenvalue weighted by Gasteiger charge is -2.37. The average Bonchev–Trinajstić information content (AvgIpc) is 3.50. The van der Waals surface area contributed by atoms with Crippen molar-refractivity contribution in [1.29, 1.82) is 0 Å². The van der Waals surface area contributed by atoms with Crippen LogP contribution in [0, 0.1) is 15.9 Å². The van der Waals surface area contributed by atoms with Gasteiger partial charge in [0.05, 0.1) is 30.4 Å². The van der Waals surface area contributed by atoms with Crippen LogP contribution in [0.2, 0.25) is 0 Å². The van der Waals surface area contributed by atoms with E-state index in [9.17, 15) is 24.1 Å². The Kier molecular flexibility index (Phi) is 8.97. The predicted molar refractivity (Wildman–Crippen MR) is 167 cm³/mol. The molecule has 46 heavy (non-hydrogen) atoms. The molecule has 1 aliphatic rings. The van der Waals surface area contributed by atoms with Crippen LogP contribution in [-0.2, 0) is 26.4 Å². The summed E-state index contributed by atoms with van der Waals surface area (Å²) in [6, 6.07) is 35.3. The standard InChI is InChI=1S/C35H30FN3O7/c36-29-21-38(34(41)37-33(29)40)32-20-30(44-22-24-16-18-28(19-17-24)39(42)43)31(46-32)23-45-35(25-10-4-1-5-11-25,26-12-6-2-7-13-26)27-14-8-3-9-15-27/h1-19,21,30-32H,20,22-23H2,(H,37,40,41)/t30-,31+,32+/m0/s1. The number of hydrogen-bond donors (Lipinski definition) is 1. The molecule has 3 atom stereocenters. The van der Waals surface area contributed by atoms with Gasteiger partial charge in [0.2, 0.25) is 5.82 Å². The molecule has 0 spiro atoms. The van der Waals surface area contributed by atoms with Crippen molar-refractivity contribution < 1.29 is 23.5 Å². The van der Waals surface area contributed by atoms with Gasteiger partial charge in [0, 0.05) is 18.6 Å². The largest absolute Gasteiger partial charge is 0.371 e. The first-order valence-corrected chi connectivity index (χ1v) is 14.7. The summed E-state index contributed by atoms with van der Waals surface area (Å²) < 4.78 is 34.8. The lowest BCUT2D eigenvalue weighted by atomic mass is 9.80. The highest BCUT2D eigenvalue weighted by atomic mass is 19.1. The van der Waals surface area contributed by atoms with Gasteiger partial charge in [-0.15, -0.1) is 0 Å². The van der Waals surface area contributed by atoms with E-state index in [2.05, 4.69) is 0 Å². The maximum absolute atomic E-state index is 14.3. The van der Waals surface area contributed by atoms with Gasteiger partial charge < -0.3 is 14.2 Å². The number of nitro groups is 1. The molecule has 5 aromatic rings. The Balaban J connectivity index is 1.35. The summed E-state index contributed by atoms with van der Waals surface area (Å²) in [5.41, 5.74) is 0.279. The van der Waals surface area contributed by atoms with Gasteiger partial charge in [-0.25, -0.2) is 4.79 Å². The molecule has 1 N–H and O–H groups in total. The van der Waals surface area contributed by atoms with Crippen LogP contribution in [0.1, 0.15) is 34.9 Å². The monoisotopic (exact) mass is 623 g/mol.